The van der Waals surface area contributed by atoms with Gasteiger partial charge in [0, 0.05) is 45.8 Å². The molecule has 1 aliphatic heterocycles. The lowest BCUT2D eigenvalue weighted by molar-refractivity contribution is 0.0291. The number of nitrogens with one attached hydrogen (secondary N) is 1. The van der Waals surface area contributed by atoms with E-state index in [4.69, 9.17) is 14.2 Å². The van der Waals surface area contributed by atoms with E-state index in [1.807, 2.05) is 32.9 Å². The Morgan fingerprint density at radius 1 is 1.31 bits per heavy atom. The molecule has 0 aliphatic carbocycles. The molecule has 1 heterocycles. The van der Waals surface area contributed by atoms with Crippen LogP contribution in [0.25, 0.3) is 0 Å². The Bertz CT molecular complexity index is 571. The van der Waals surface area contributed by atoms with Crippen LogP contribution in [-0.4, -0.2) is 56.0 Å². The zero-order chi connectivity index (χ0) is 19.0. The highest BCUT2D eigenvalue weighted by Gasteiger charge is 2.29. The highest BCUT2D eigenvalue weighted by atomic mass is 16.6. The molecule has 6 nitrogen and oxygen atoms in total. The lowest BCUT2D eigenvalue weighted by Crippen LogP contribution is -2.38. The Labute approximate surface area is 156 Å². The zero-order valence-electron chi connectivity index (χ0n) is 16.4. The fourth-order valence-corrected chi connectivity index (χ4v) is 2.82. The van der Waals surface area contributed by atoms with E-state index in [0.717, 1.165) is 31.7 Å². The first kappa shape index (κ1) is 20.5. The van der Waals surface area contributed by atoms with Crippen molar-refractivity contribution in [3.05, 3.63) is 29.8 Å². The largest absolute Gasteiger partial charge is 0.493 e. The molecule has 1 amide bonds. The minimum Gasteiger partial charge on any atom is -0.493 e. The minimum absolute atomic E-state index is 0.228. The number of nitrogens with zero attached hydrogens (tertiary/aromatic N) is 1. The van der Waals surface area contributed by atoms with Crippen molar-refractivity contribution in [2.45, 2.75) is 51.8 Å². The molecule has 1 unspecified atom stereocenters. The van der Waals surface area contributed by atoms with Crippen LogP contribution in [-0.2, 0) is 16.0 Å². The normalized spacial score (nSPS) is 17.4. The van der Waals surface area contributed by atoms with Gasteiger partial charge in [-0.3, -0.25) is 0 Å². The molecule has 2 rings (SSSR count). The van der Waals surface area contributed by atoms with E-state index in [9.17, 15) is 4.79 Å². The van der Waals surface area contributed by atoms with E-state index in [1.54, 1.807) is 12.0 Å². The maximum Gasteiger partial charge on any atom is 0.410 e. The number of ether oxygens (including phenoxy) is 3. The van der Waals surface area contributed by atoms with Gasteiger partial charge in [-0.15, -0.1) is 0 Å². The Morgan fingerprint density at radius 2 is 2.12 bits per heavy atom. The molecule has 1 N–H and O–H groups in total. The molecule has 0 spiro atoms. The number of carbonyl (C=O) groups is 1. The molecule has 146 valence electrons. The lowest BCUT2D eigenvalue weighted by Gasteiger charge is -2.24. The van der Waals surface area contributed by atoms with Crippen molar-refractivity contribution < 1.29 is 19.0 Å². The Balaban J connectivity index is 1.74. The summed E-state index contributed by atoms with van der Waals surface area (Å²) in [7, 11) is 1.69. The maximum atomic E-state index is 12.1. The average molecular weight is 364 g/mol. The van der Waals surface area contributed by atoms with Gasteiger partial charge in [-0.1, -0.05) is 12.1 Å². The summed E-state index contributed by atoms with van der Waals surface area (Å²) >= 11 is 0. The van der Waals surface area contributed by atoms with Crippen molar-refractivity contribution in [1.82, 2.24) is 10.2 Å². The number of methoxy groups -OCH3 is 1. The smallest absolute Gasteiger partial charge is 0.410 e. The molecule has 26 heavy (non-hydrogen) atoms. The van der Waals surface area contributed by atoms with Gasteiger partial charge in [0.25, 0.3) is 0 Å². The summed E-state index contributed by atoms with van der Waals surface area (Å²) in [6, 6.07) is 8.39. The third kappa shape index (κ3) is 7.22. The van der Waals surface area contributed by atoms with Crippen molar-refractivity contribution in [1.29, 1.82) is 0 Å². The van der Waals surface area contributed by atoms with Crippen LogP contribution in [0.15, 0.2) is 24.3 Å². The predicted octanol–water partition coefficient (Wildman–Crippen LogP) is 3.20. The molecule has 0 bridgehead atoms. The molecule has 1 fully saturated rings. The third-order valence-electron chi connectivity index (χ3n) is 4.09. The van der Waals surface area contributed by atoms with Gasteiger partial charge in [0.2, 0.25) is 0 Å². The van der Waals surface area contributed by atoms with E-state index in [1.165, 1.54) is 5.56 Å². The number of hydrogen-bond acceptors (Lipinski definition) is 5. The molecule has 1 saturated heterocycles. The van der Waals surface area contributed by atoms with E-state index in [-0.39, 0.29) is 12.1 Å². The second-order valence-electron chi connectivity index (χ2n) is 7.64. The van der Waals surface area contributed by atoms with Gasteiger partial charge in [0.05, 0.1) is 6.61 Å². The monoisotopic (exact) mass is 364 g/mol. The van der Waals surface area contributed by atoms with Gasteiger partial charge < -0.3 is 24.4 Å². The summed E-state index contributed by atoms with van der Waals surface area (Å²) in [6.07, 6.45) is 1.59. The van der Waals surface area contributed by atoms with Crippen molar-refractivity contribution in [2.24, 2.45) is 0 Å². The van der Waals surface area contributed by atoms with Crippen LogP contribution in [0.5, 0.6) is 5.75 Å². The molecular formula is C20H32N2O4. The van der Waals surface area contributed by atoms with Crippen molar-refractivity contribution in [3.8, 4) is 5.75 Å². The Hall–Kier alpha value is -1.79. The first-order valence-electron chi connectivity index (χ1n) is 9.29. The first-order valence-corrected chi connectivity index (χ1v) is 9.29. The van der Waals surface area contributed by atoms with Crippen molar-refractivity contribution >= 4 is 6.09 Å². The van der Waals surface area contributed by atoms with Crippen LogP contribution in [0.1, 0.15) is 39.2 Å². The van der Waals surface area contributed by atoms with E-state index in [2.05, 4.69) is 17.4 Å². The molecule has 0 radical (unpaired) electrons. The Morgan fingerprint density at radius 3 is 2.85 bits per heavy atom. The zero-order valence-corrected chi connectivity index (χ0v) is 16.4. The van der Waals surface area contributed by atoms with Crippen LogP contribution in [0.3, 0.4) is 0 Å². The van der Waals surface area contributed by atoms with Crippen LogP contribution >= 0.6 is 0 Å². The molecule has 1 atom stereocenters. The quantitative estimate of drug-likeness (QED) is 0.718. The van der Waals surface area contributed by atoms with Gasteiger partial charge in [-0.2, -0.15) is 0 Å². The van der Waals surface area contributed by atoms with Crippen LogP contribution in [0, 0.1) is 0 Å². The van der Waals surface area contributed by atoms with E-state index in [0.29, 0.717) is 19.8 Å². The summed E-state index contributed by atoms with van der Waals surface area (Å²) in [5.74, 6) is 0.877. The number of likely N-dealkylation sites (tertiary alicyclic amines) is 1. The number of benzene rings is 1. The molecule has 0 saturated carbocycles. The van der Waals surface area contributed by atoms with E-state index < -0.39 is 5.60 Å². The van der Waals surface area contributed by atoms with Gasteiger partial charge in [-0.05, 0) is 44.9 Å². The second-order valence-corrected chi connectivity index (χ2v) is 7.64. The second kappa shape index (κ2) is 9.78. The van der Waals surface area contributed by atoms with Crippen molar-refractivity contribution in [3.63, 3.8) is 0 Å². The SMILES string of the molecule is COCCCOc1cccc(CNC2CCN(C(=O)OC(C)(C)C)C2)c1. The summed E-state index contributed by atoms with van der Waals surface area (Å²) < 4.78 is 16.2. The van der Waals surface area contributed by atoms with Gasteiger partial charge in [0.15, 0.2) is 0 Å². The summed E-state index contributed by atoms with van der Waals surface area (Å²) in [6.45, 7) is 9.19. The van der Waals surface area contributed by atoms with E-state index >= 15 is 0 Å². The molecule has 1 aromatic carbocycles. The van der Waals surface area contributed by atoms with Crippen molar-refractivity contribution in [2.75, 3.05) is 33.4 Å². The minimum atomic E-state index is -0.452. The van der Waals surface area contributed by atoms with Crippen LogP contribution in [0.2, 0.25) is 0 Å². The highest BCUT2D eigenvalue weighted by molar-refractivity contribution is 5.68. The van der Waals surface area contributed by atoms with Gasteiger partial charge in [0.1, 0.15) is 11.4 Å². The molecular weight excluding hydrogens is 332 g/mol. The summed E-state index contributed by atoms with van der Waals surface area (Å²) in [5, 5.41) is 3.52. The predicted molar refractivity (Wildman–Crippen MR) is 101 cm³/mol. The third-order valence-corrected chi connectivity index (χ3v) is 4.09. The number of rotatable bonds is 8. The Kier molecular flexibility index (Phi) is 7.72. The molecule has 1 aliphatic rings. The summed E-state index contributed by atoms with van der Waals surface area (Å²) in [5.41, 5.74) is 0.719. The standard InChI is InChI=1S/C20H32N2O4/c1-20(2,3)26-19(23)22-10-9-17(15-22)21-14-16-7-5-8-18(13-16)25-12-6-11-24-4/h5,7-8,13,17,21H,6,9-12,14-15H2,1-4H3. The van der Waals surface area contributed by atoms with Gasteiger partial charge in [-0.25, -0.2) is 4.79 Å². The highest BCUT2D eigenvalue weighted by Crippen LogP contribution is 2.17. The maximum absolute atomic E-state index is 12.1. The first-order chi connectivity index (χ1) is 12.4. The van der Waals surface area contributed by atoms with Crippen LogP contribution < -0.4 is 10.1 Å². The van der Waals surface area contributed by atoms with Crippen LogP contribution in [0.4, 0.5) is 4.79 Å². The molecule has 1 aromatic rings. The molecule has 0 aromatic heterocycles. The lowest BCUT2D eigenvalue weighted by atomic mass is 10.2. The number of carbonyl (C=O) groups excluding carboxylic acids is 1. The molecule has 6 heteroatoms. The number of amides is 1. The fourth-order valence-electron chi connectivity index (χ4n) is 2.82. The average Bonchev–Trinajstić information content (AvgIpc) is 3.05. The topological polar surface area (TPSA) is 60.0 Å². The fraction of sp³-hybridized carbons (Fsp3) is 0.650. The number of hydrogen-bond donors (Lipinski definition) is 1. The van der Waals surface area contributed by atoms with Gasteiger partial charge >= 0.3 is 6.09 Å². The summed E-state index contributed by atoms with van der Waals surface area (Å²) in [4.78, 5) is 13.9.